The first-order valence-corrected chi connectivity index (χ1v) is 14.0. The third-order valence-electron chi connectivity index (χ3n) is 6.76. The molecule has 0 spiro atoms. The van der Waals surface area contributed by atoms with Crippen LogP contribution in [0.5, 0.6) is 17.2 Å². The molecule has 0 radical (unpaired) electrons. The second-order valence-electron chi connectivity index (χ2n) is 10.3. The molecule has 6 heteroatoms. The van der Waals surface area contributed by atoms with Gasteiger partial charge in [0.15, 0.2) is 11.5 Å². The molecule has 2 aromatic carbocycles. The van der Waals surface area contributed by atoms with Gasteiger partial charge in [-0.3, -0.25) is 9.69 Å². The number of methoxy groups -OCH3 is 1. The number of ether oxygens (including phenoxy) is 3. The van der Waals surface area contributed by atoms with Crippen LogP contribution >= 0.6 is 0 Å². The predicted octanol–water partition coefficient (Wildman–Crippen LogP) is 6.09. The minimum atomic E-state index is 0.0228. The zero-order valence-corrected chi connectivity index (χ0v) is 23.7. The SMILES string of the molecule is CC.COc1cccc(CN2CCC[C@@H](C(=O)N(Cc3cc(C)c4c(c3)OCCCO4)CC(C)C)C2)c1. The Hall–Kier alpha value is -2.73. The lowest BCUT2D eigenvalue weighted by Gasteiger charge is -2.35. The number of piperidine rings is 1. The molecule has 2 heterocycles. The maximum Gasteiger partial charge on any atom is 0.227 e. The first kappa shape index (κ1) is 28.8. The van der Waals surface area contributed by atoms with Gasteiger partial charge in [0, 0.05) is 32.6 Å². The van der Waals surface area contributed by atoms with Gasteiger partial charge in [-0.2, -0.15) is 0 Å². The van der Waals surface area contributed by atoms with Crippen molar-refractivity contribution in [3.63, 3.8) is 0 Å². The Kier molecular flexibility index (Phi) is 11.1. The normalized spacial score (nSPS) is 17.4. The van der Waals surface area contributed by atoms with E-state index in [1.807, 2.05) is 26.0 Å². The summed E-state index contributed by atoms with van der Waals surface area (Å²) in [5.74, 6) is 3.20. The molecular weight excluding hydrogens is 464 g/mol. The Bertz CT molecular complexity index is 1010. The van der Waals surface area contributed by atoms with Crippen LogP contribution in [0.15, 0.2) is 36.4 Å². The van der Waals surface area contributed by atoms with E-state index in [9.17, 15) is 4.79 Å². The lowest BCUT2D eigenvalue weighted by molar-refractivity contribution is -0.138. The van der Waals surface area contributed by atoms with Gasteiger partial charge in [-0.1, -0.05) is 45.9 Å². The minimum absolute atomic E-state index is 0.0228. The topological polar surface area (TPSA) is 51.2 Å². The van der Waals surface area contributed by atoms with Crippen LogP contribution in [0.4, 0.5) is 0 Å². The van der Waals surface area contributed by atoms with Crippen LogP contribution in [-0.2, 0) is 17.9 Å². The fourth-order valence-electron chi connectivity index (χ4n) is 5.19. The van der Waals surface area contributed by atoms with E-state index >= 15 is 0 Å². The summed E-state index contributed by atoms with van der Waals surface area (Å²) in [6.07, 6.45) is 2.87. The van der Waals surface area contributed by atoms with E-state index in [0.717, 1.165) is 73.8 Å². The molecule has 0 unspecified atom stereocenters. The summed E-state index contributed by atoms with van der Waals surface area (Å²) in [5.41, 5.74) is 3.39. The summed E-state index contributed by atoms with van der Waals surface area (Å²) in [6.45, 7) is 15.8. The molecule has 0 aromatic heterocycles. The van der Waals surface area contributed by atoms with E-state index in [1.165, 1.54) is 5.56 Å². The number of carbonyl (C=O) groups is 1. The van der Waals surface area contributed by atoms with Crippen molar-refractivity contribution in [2.45, 2.75) is 67.0 Å². The van der Waals surface area contributed by atoms with Crippen molar-refractivity contribution in [2.24, 2.45) is 11.8 Å². The number of aryl methyl sites for hydroxylation is 1. The zero-order valence-electron chi connectivity index (χ0n) is 23.7. The summed E-state index contributed by atoms with van der Waals surface area (Å²) in [6, 6.07) is 12.4. The molecule has 1 amide bonds. The molecule has 204 valence electrons. The summed E-state index contributed by atoms with van der Waals surface area (Å²) in [7, 11) is 1.70. The number of hydrogen-bond acceptors (Lipinski definition) is 5. The van der Waals surface area contributed by atoms with Gasteiger partial charge in [0.25, 0.3) is 0 Å². The van der Waals surface area contributed by atoms with Crippen LogP contribution in [0.25, 0.3) is 0 Å². The lowest BCUT2D eigenvalue weighted by atomic mass is 9.95. The fourth-order valence-corrected chi connectivity index (χ4v) is 5.19. The number of fused-ring (bicyclic) bond motifs is 1. The van der Waals surface area contributed by atoms with Crippen molar-refractivity contribution < 1.29 is 19.0 Å². The van der Waals surface area contributed by atoms with Crippen molar-refractivity contribution in [1.82, 2.24) is 9.80 Å². The van der Waals surface area contributed by atoms with Crippen LogP contribution in [-0.4, -0.2) is 55.7 Å². The van der Waals surface area contributed by atoms with Gasteiger partial charge in [-0.15, -0.1) is 0 Å². The van der Waals surface area contributed by atoms with E-state index in [4.69, 9.17) is 14.2 Å². The summed E-state index contributed by atoms with van der Waals surface area (Å²) in [5, 5.41) is 0. The summed E-state index contributed by atoms with van der Waals surface area (Å²) >= 11 is 0. The van der Waals surface area contributed by atoms with Crippen molar-refractivity contribution in [3.05, 3.63) is 53.1 Å². The van der Waals surface area contributed by atoms with Gasteiger partial charge < -0.3 is 19.1 Å². The van der Waals surface area contributed by atoms with E-state index in [0.29, 0.717) is 25.7 Å². The van der Waals surface area contributed by atoms with E-state index in [-0.39, 0.29) is 11.8 Å². The molecule has 1 saturated heterocycles. The van der Waals surface area contributed by atoms with E-state index < -0.39 is 0 Å². The second kappa shape index (κ2) is 14.3. The first-order valence-electron chi connectivity index (χ1n) is 14.0. The zero-order chi connectivity index (χ0) is 26.8. The Balaban J connectivity index is 0.00000186. The maximum atomic E-state index is 13.8. The smallest absolute Gasteiger partial charge is 0.227 e. The standard InChI is InChI=1S/C29H40N2O4.C2H6/c1-21(2)17-31(19-24-14-22(3)28-27(16-24)34-12-7-13-35-28)29(32)25-9-6-11-30(20-25)18-23-8-5-10-26(15-23)33-4;1-2/h5,8,10,14-16,21,25H,6-7,9,11-13,17-20H2,1-4H3;1-2H3/t25-;/m1./s1. The van der Waals surface area contributed by atoms with Gasteiger partial charge in [0.05, 0.1) is 26.2 Å². The van der Waals surface area contributed by atoms with Gasteiger partial charge >= 0.3 is 0 Å². The molecule has 37 heavy (non-hydrogen) atoms. The van der Waals surface area contributed by atoms with Crippen LogP contribution < -0.4 is 14.2 Å². The number of carbonyl (C=O) groups excluding carboxylic acids is 1. The third kappa shape index (κ3) is 8.13. The maximum absolute atomic E-state index is 13.8. The van der Waals surface area contributed by atoms with Crippen LogP contribution in [0.3, 0.4) is 0 Å². The van der Waals surface area contributed by atoms with Crippen molar-refractivity contribution >= 4 is 5.91 Å². The van der Waals surface area contributed by atoms with Gasteiger partial charge in [-0.25, -0.2) is 0 Å². The van der Waals surface area contributed by atoms with E-state index in [1.54, 1.807) is 7.11 Å². The minimum Gasteiger partial charge on any atom is -0.497 e. The Labute approximate surface area is 223 Å². The molecule has 0 N–H and O–H groups in total. The molecule has 2 aliphatic rings. The monoisotopic (exact) mass is 510 g/mol. The average Bonchev–Trinajstić information content (AvgIpc) is 3.15. The molecule has 6 nitrogen and oxygen atoms in total. The molecular formula is C31H46N2O4. The molecule has 0 bridgehead atoms. The Morgan fingerprint density at radius 2 is 1.89 bits per heavy atom. The molecule has 1 atom stereocenters. The van der Waals surface area contributed by atoms with Crippen LogP contribution in [0.1, 0.15) is 63.6 Å². The van der Waals surface area contributed by atoms with Gasteiger partial charge in [0.1, 0.15) is 5.75 Å². The van der Waals surface area contributed by atoms with Gasteiger partial charge in [0.2, 0.25) is 5.91 Å². The Morgan fingerprint density at radius 3 is 2.65 bits per heavy atom. The molecule has 0 saturated carbocycles. The summed E-state index contributed by atoms with van der Waals surface area (Å²) < 4.78 is 17.2. The second-order valence-corrected chi connectivity index (χ2v) is 10.3. The molecule has 2 aliphatic heterocycles. The van der Waals surface area contributed by atoms with Crippen LogP contribution in [0, 0.1) is 18.8 Å². The van der Waals surface area contributed by atoms with Gasteiger partial charge in [-0.05, 0) is 67.1 Å². The van der Waals surface area contributed by atoms with Crippen molar-refractivity contribution in [3.8, 4) is 17.2 Å². The van der Waals surface area contributed by atoms with Crippen molar-refractivity contribution in [2.75, 3.05) is 40.0 Å². The highest BCUT2D eigenvalue weighted by Crippen LogP contribution is 2.35. The molecule has 1 fully saturated rings. The number of likely N-dealkylation sites (tertiary alicyclic amines) is 1. The molecule has 4 rings (SSSR count). The Morgan fingerprint density at radius 1 is 1.11 bits per heavy atom. The number of hydrogen-bond donors (Lipinski definition) is 0. The first-order chi connectivity index (χ1) is 17.9. The number of benzene rings is 2. The third-order valence-corrected chi connectivity index (χ3v) is 6.76. The average molecular weight is 511 g/mol. The largest absolute Gasteiger partial charge is 0.497 e. The summed E-state index contributed by atoms with van der Waals surface area (Å²) in [4.78, 5) is 18.3. The highest BCUT2D eigenvalue weighted by Gasteiger charge is 2.30. The highest BCUT2D eigenvalue weighted by molar-refractivity contribution is 5.79. The number of nitrogens with zero attached hydrogens (tertiary/aromatic N) is 2. The fraction of sp³-hybridized carbons (Fsp3) is 0.581. The predicted molar refractivity (Wildman–Crippen MR) is 149 cm³/mol. The molecule has 0 aliphatic carbocycles. The highest BCUT2D eigenvalue weighted by atomic mass is 16.5. The number of amides is 1. The van der Waals surface area contributed by atoms with Crippen molar-refractivity contribution in [1.29, 1.82) is 0 Å². The van der Waals surface area contributed by atoms with Crippen LogP contribution in [0.2, 0.25) is 0 Å². The lowest BCUT2D eigenvalue weighted by Crippen LogP contribution is -2.45. The van der Waals surface area contributed by atoms with E-state index in [2.05, 4.69) is 54.8 Å². The number of rotatable bonds is 8. The quantitative estimate of drug-likeness (QED) is 0.430. The molecule has 2 aromatic rings.